The van der Waals surface area contributed by atoms with Gasteiger partial charge in [0.15, 0.2) is 23.2 Å². The van der Waals surface area contributed by atoms with Crippen molar-refractivity contribution in [2.75, 3.05) is 19.0 Å². The molecule has 10 heteroatoms. The second kappa shape index (κ2) is 7.91. The molecule has 4 unspecified atom stereocenters. The summed E-state index contributed by atoms with van der Waals surface area (Å²) in [6.45, 7) is 1.60. The van der Waals surface area contributed by atoms with Gasteiger partial charge in [0.25, 0.3) is 0 Å². The van der Waals surface area contributed by atoms with E-state index >= 15 is 0 Å². The summed E-state index contributed by atoms with van der Waals surface area (Å²) >= 11 is 0. The standard InChI is InChI=1S/C19H23N5O5/c1-10(11-3-5-12(28-2)6-4-11)23-17-14-18(21-8-20-17)24(9-22-14)19-16(27)15(26)13(7-25)29-19/h3-6,8-10,13,15-16,19,25-27H,7H2,1-2H3,(H,20,21,23)/t10-,13?,15?,16?,19?/m1/s1. The lowest BCUT2D eigenvalue weighted by molar-refractivity contribution is -0.0511. The number of aliphatic hydroxyl groups excluding tert-OH is 3. The number of nitrogens with zero attached hydrogens (tertiary/aromatic N) is 4. The smallest absolute Gasteiger partial charge is 0.167 e. The molecule has 2 aromatic heterocycles. The molecule has 0 saturated carbocycles. The minimum Gasteiger partial charge on any atom is -0.497 e. The van der Waals surface area contributed by atoms with Gasteiger partial charge in [-0.2, -0.15) is 0 Å². The van der Waals surface area contributed by atoms with E-state index in [4.69, 9.17) is 9.47 Å². The van der Waals surface area contributed by atoms with Gasteiger partial charge in [-0.05, 0) is 24.6 Å². The summed E-state index contributed by atoms with van der Waals surface area (Å²) in [6.07, 6.45) is -1.32. The SMILES string of the molecule is COc1ccc([C@@H](C)Nc2ncnc3c2ncn3C2OC(CO)C(O)C2O)cc1. The Morgan fingerprint density at radius 1 is 1.17 bits per heavy atom. The van der Waals surface area contributed by atoms with E-state index < -0.39 is 31.1 Å². The van der Waals surface area contributed by atoms with Crippen LogP contribution in [-0.2, 0) is 4.74 Å². The van der Waals surface area contributed by atoms with E-state index in [1.165, 1.54) is 17.2 Å². The topological polar surface area (TPSA) is 135 Å². The number of imidazole rings is 1. The van der Waals surface area contributed by atoms with Crippen LogP contribution in [0.15, 0.2) is 36.9 Å². The summed E-state index contributed by atoms with van der Waals surface area (Å²) in [5.74, 6) is 1.31. The first-order chi connectivity index (χ1) is 14.0. The van der Waals surface area contributed by atoms with Crippen LogP contribution in [0.5, 0.6) is 5.75 Å². The zero-order chi connectivity index (χ0) is 20.5. The van der Waals surface area contributed by atoms with Crippen molar-refractivity contribution < 1.29 is 24.8 Å². The van der Waals surface area contributed by atoms with E-state index in [0.29, 0.717) is 17.0 Å². The molecule has 29 heavy (non-hydrogen) atoms. The average molecular weight is 401 g/mol. The maximum absolute atomic E-state index is 10.3. The molecule has 0 amide bonds. The average Bonchev–Trinajstić information content (AvgIpc) is 3.30. The van der Waals surface area contributed by atoms with Gasteiger partial charge in [-0.25, -0.2) is 15.0 Å². The third-order valence-electron chi connectivity index (χ3n) is 5.12. The van der Waals surface area contributed by atoms with Gasteiger partial charge in [-0.3, -0.25) is 4.57 Å². The van der Waals surface area contributed by atoms with Crippen LogP contribution in [0, 0.1) is 0 Å². The minimum absolute atomic E-state index is 0.0573. The molecule has 0 bridgehead atoms. The predicted molar refractivity (Wildman–Crippen MR) is 103 cm³/mol. The Balaban J connectivity index is 1.60. The van der Waals surface area contributed by atoms with Gasteiger partial charge in [0.2, 0.25) is 0 Å². The van der Waals surface area contributed by atoms with Crippen LogP contribution in [0.2, 0.25) is 0 Å². The number of hydrogen-bond donors (Lipinski definition) is 4. The summed E-state index contributed by atoms with van der Waals surface area (Å²) in [5, 5.41) is 32.9. The highest BCUT2D eigenvalue weighted by molar-refractivity contribution is 5.82. The molecule has 0 aliphatic carbocycles. The zero-order valence-electron chi connectivity index (χ0n) is 16.0. The lowest BCUT2D eigenvalue weighted by Crippen LogP contribution is -2.33. The minimum atomic E-state index is -1.21. The van der Waals surface area contributed by atoms with E-state index in [1.807, 2.05) is 31.2 Å². The first-order valence-electron chi connectivity index (χ1n) is 9.24. The number of rotatable bonds is 6. The molecule has 1 fully saturated rings. The van der Waals surface area contributed by atoms with Crippen molar-refractivity contribution in [3.63, 3.8) is 0 Å². The highest BCUT2D eigenvalue weighted by atomic mass is 16.6. The molecule has 3 heterocycles. The highest BCUT2D eigenvalue weighted by Crippen LogP contribution is 2.32. The zero-order valence-corrected chi connectivity index (χ0v) is 16.0. The van der Waals surface area contributed by atoms with Crippen molar-refractivity contribution in [3.05, 3.63) is 42.5 Å². The van der Waals surface area contributed by atoms with Crippen molar-refractivity contribution in [1.29, 1.82) is 0 Å². The molecule has 1 aliphatic rings. The number of nitrogens with one attached hydrogen (secondary N) is 1. The monoisotopic (exact) mass is 401 g/mol. The number of ether oxygens (including phenoxy) is 2. The Labute approximate surface area is 166 Å². The Kier molecular flexibility index (Phi) is 5.33. The second-order valence-corrected chi connectivity index (χ2v) is 6.91. The fourth-order valence-electron chi connectivity index (χ4n) is 3.43. The molecular formula is C19H23N5O5. The van der Waals surface area contributed by atoms with E-state index in [-0.39, 0.29) is 6.04 Å². The molecule has 154 valence electrons. The summed E-state index contributed by atoms with van der Waals surface area (Å²) in [7, 11) is 1.62. The number of aromatic nitrogens is 4. The summed E-state index contributed by atoms with van der Waals surface area (Å²) in [4.78, 5) is 12.9. The van der Waals surface area contributed by atoms with Crippen molar-refractivity contribution in [2.45, 2.75) is 37.5 Å². The molecule has 3 aromatic rings. The molecule has 1 saturated heterocycles. The van der Waals surface area contributed by atoms with Crippen LogP contribution in [0.3, 0.4) is 0 Å². The van der Waals surface area contributed by atoms with Crippen LogP contribution in [0.1, 0.15) is 24.8 Å². The van der Waals surface area contributed by atoms with Gasteiger partial charge in [-0.1, -0.05) is 12.1 Å². The van der Waals surface area contributed by atoms with Crippen LogP contribution in [-0.4, -0.2) is 66.9 Å². The van der Waals surface area contributed by atoms with Gasteiger partial charge in [-0.15, -0.1) is 0 Å². The van der Waals surface area contributed by atoms with Gasteiger partial charge in [0, 0.05) is 0 Å². The molecule has 10 nitrogen and oxygen atoms in total. The number of aliphatic hydroxyl groups is 3. The van der Waals surface area contributed by atoms with Crippen LogP contribution < -0.4 is 10.1 Å². The third-order valence-corrected chi connectivity index (χ3v) is 5.12. The molecule has 1 aromatic carbocycles. The fourth-order valence-corrected chi connectivity index (χ4v) is 3.43. The Morgan fingerprint density at radius 2 is 1.93 bits per heavy atom. The van der Waals surface area contributed by atoms with Crippen LogP contribution in [0.25, 0.3) is 11.2 Å². The van der Waals surface area contributed by atoms with Gasteiger partial charge in [0.1, 0.15) is 30.4 Å². The summed E-state index contributed by atoms with van der Waals surface area (Å²) < 4.78 is 12.3. The largest absolute Gasteiger partial charge is 0.497 e. The quantitative estimate of drug-likeness (QED) is 0.469. The van der Waals surface area contributed by atoms with E-state index in [0.717, 1.165) is 11.3 Å². The predicted octanol–water partition coefficient (Wildman–Crippen LogP) is 0.619. The number of methoxy groups -OCH3 is 1. The number of fused-ring (bicyclic) bond motifs is 1. The van der Waals surface area contributed by atoms with Gasteiger partial charge in [0.05, 0.1) is 26.1 Å². The molecule has 4 N–H and O–H groups in total. The Hall–Kier alpha value is -2.79. The van der Waals surface area contributed by atoms with Gasteiger partial charge >= 0.3 is 0 Å². The molecule has 0 radical (unpaired) electrons. The van der Waals surface area contributed by atoms with Crippen molar-refractivity contribution >= 4 is 17.0 Å². The molecule has 5 atom stereocenters. The molecule has 0 spiro atoms. The summed E-state index contributed by atoms with van der Waals surface area (Å²) in [6, 6.07) is 7.65. The number of anilines is 1. The molecular weight excluding hydrogens is 378 g/mol. The van der Waals surface area contributed by atoms with E-state index in [1.54, 1.807) is 7.11 Å². The van der Waals surface area contributed by atoms with E-state index in [9.17, 15) is 15.3 Å². The van der Waals surface area contributed by atoms with Crippen molar-refractivity contribution in [1.82, 2.24) is 19.5 Å². The normalized spacial score (nSPS) is 25.3. The fraction of sp³-hybridized carbons (Fsp3) is 0.421. The summed E-state index contributed by atoms with van der Waals surface area (Å²) in [5.41, 5.74) is 1.99. The third kappa shape index (κ3) is 3.51. The van der Waals surface area contributed by atoms with Crippen molar-refractivity contribution in [2.24, 2.45) is 0 Å². The lowest BCUT2D eigenvalue weighted by Gasteiger charge is -2.17. The maximum atomic E-state index is 10.3. The van der Waals surface area contributed by atoms with Crippen LogP contribution >= 0.6 is 0 Å². The number of hydrogen-bond acceptors (Lipinski definition) is 9. The highest BCUT2D eigenvalue weighted by Gasteiger charge is 2.44. The Morgan fingerprint density at radius 3 is 2.59 bits per heavy atom. The van der Waals surface area contributed by atoms with E-state index in [2.05, 4.69) is 20.3 Å². The second-order valence-electron chi connectivity index (χ2n) is 6.91. The van der Waals surface area contributed by atoms with Gasteiger partial charge < -0.3 is 30.1 Å². The lowest BCUT2D eigenvalue weighted by atomic mass is 10.1. The van der Waals surface area contributed by atoms with Crippen molar-refractivity contribution in [3.8, 4) is 5.75 Å². The maximum Gasteiger partial charge on any atom is 0.167 e. The van der Waals surface area contributed by atoms with Crippen LogP contribution in [0.4, 0.5) is 5.82 Å². The molecule has 1 aliphatic heterocycles. The first kappa shape index (κ1) is 19.5. The first-order valence-corrected chi connectivity index (χ1v) is 9.24. The Bertz CT molecular complexity index is 979. The molecule has 4 rings (SSSR count). The number of benzene rings is 1.